The highest BCUT2D eigenvalue weighted by atomic mass is 19.1. The van der Waals surface area contributed by atoms with Crippen LogP contribution < -0.4 is 10.6 Å². The van der Waals surface area contributed by atoms with Crippen LogP contribution in [0, 0.1) is 5.82 Å². The van der Waals surface area contributed by atoms with Crippen molar-refractivity contribution in [2.45, 2.75) is 39.3 Å². The maximum Gasteiger partial charge on any atom is 0.123 e. The lowest BCUT2D eigenvalue weighted by Gasteiger charge is -2.28. The van der Waals surface area contributed by atoms with Crippen molar-refractivity contribution in [2.75, 3.05) is 31.1 Å². The molecule has 0 saturated carbocycles. The van der Waals surface area contributed by atoms with Crippen molar-refractivity contribution in [1.29, 1.82) is 0 Å². The molecule has 3 nitrogen and oxygen atoms in total. The van der Waals surface area contributed by atoms with Gasteiger partial charge in [-0.25, -0.2) is 4.39 Å². The van der Waals surface area contributed by atoms with Crippen molar-refractivity contribution in [3.05, 3.63) is 29.6 Å². The summed E-state index contributed by atoms with van der Waals surface area (Å²) in [7, 11) is 0. The van der Waals surface area contributed by atoms with Crippen molar-refractivity contribution >= 4 is 5.69 Å². The molecule has 1 aromatic rings. The Labute approximate surface area is 121 Å². The molecule has 1 heterocycles. The Morgan fingerprint density at radius 3 is 2.70 bits per heavy atom. The highest BCUT2D eigenvalue weighted by Crippen LogP contribution is 2.30. The van der Waals surface area contributed by atoms with Gasteiger partial charge in [-0.1, -0.05) is 13.8 Å². The van der Waals surface area contributed by atoms with E-state index in [1.807, 2.05) is 13.0 Å². The van der Waals surface area contributed by atoms with Crippen molar-refractivity contribution < 1.29 is 4.39 Å². The topological polar surface area (TPSA) is 32.5 Å². The Balaban J connectivity index is 2.18. The van der Waals surface area contributed by atoms with E-state index in [0.29, 0.717) is 6.04 Å². The number of nitrogens with zero attached hydrogens (tertiary/aromatic N) is 2. The van der Waals surface area contributed by atoms with Gasteiger partial charge >= 0.3 is 0 Å². The summed E-state index contributed by atoms with van der Waals surface area (Å²) in [6.07, 6.45) is 1.16. The molecule has 0 spiro atoms. The summed E-state index contributed by atoms with van der Waals surface area (Å²) in [6, 6.07) is 5.43. The van der Waals surface area contributed by atoms with Gasteiger partial charge in [0.1, 0.15) is 5.82 Å². The molecule has 1 saturated heterocycles. The lowest BCUT2D eigenvalue weighted by atomic mass is 10.1. The van der Waals surface area contributed by atoms with Gasteiger partial charge in [-0.3, -0.25) is 4.90 Å². The quantitative estimate of drug-likeness (QED) is 0.899. The Kier molecular flexibility index (Phi) is 5.00. The largest absolute Gasteiger partial charge is 0.370 e. The molecule has 1 aliphatic heterocycles. The first-order valence-electron chi connectivity index (χ1n) is 7.60. The first-order chi connectivity index (χ1) is 9.56. The molecule has 0 bridgehead atoms. The third kappa shape index (κ3) is 3.13. The molecule has 2 unspecified atom stereocenters. The number of anilines is 1. The second-order valence-corrected chi connectivity index (χ2v) is 5.60. The molecule has 0 amide bonds. The van der Waals surface area contributed by atoms with Crippen LogP contribution in [0.15, 0.2) is 18.2 Å². The van der Waals surface area contributed by atoms with Crippen LogP contribution in [0.4, 0.5) is 10.1 Å². The van der Waals surface area contributed by atoms with Gasteiger partial charge in [0.15, 0.2) is 0 Å². The summed E-state index contributed by atoms with van der Waals surface area (Å²) >= 11 is 0. The van der Waals surface area contributed by atoms with Gasteiger partial charge in [0.25, 0.3) is 0 Å². The van der Waals surface area contributed by atoms with Crippen molar-refractivity contribution in [3.8, 4) is 0 Å². The van der Waals surface area contributed by atoms with Crippen LogP contribution in [0.3, 0.4) is 0 Å². The third-order valence-corrected chi connectivity index (χ3v) is 4.31. The van der Waals surface area contributed by atoms with Gasteiger partial charge in [-0.15, -0.1) is 0 Å². The van der Waals surface area contributed by atoms with Crippen LogP contribution in [0.1, 0.15) is 38.8 Å². The predicted octanol–water partition coefficient (Wildman–Crippen LogP) is 2.77. The minimum Gasteiger partial charge on any atom is -0.370 e. The Morgan fingerprint density at radius 1 is 1.40 bits per heavy atom. The maximum absolute atomic E-state index is 13.4. The highest BCUT2D eigenvalue weighted by molar-refractivity contribution is 5.56. The van der Waals surface area contributed by atoms with E-state index in [4.69, 9.17) is 5.73 Å². The van der Waals surface area contributed by atoms with E-state index in [1.54, 1.807) is 6.07 Å². The monoisotopic (exact) mass is 279 g/mol. The minimum atomic E-state index is -0.208. The van der Waals surface area contributed by atoms with Crippen LogP contribution in [0.25, 0.3) is 0 Å². The van der Waals surface area contributed by atoms with Crippen molar-refractivity contribution in [3.63, 3.8) is 0 Å². The van der Waals surface area contributed by atoms with E-state index in [0.717, 1.165) is 43.9 Å². The number of likely N-dealkylation sites (N-methyl/N-ethyl adjacent to an activating group) is 1. The fraction of sp³-hybridized carbons (Fsp3) is 0.625. The van der Waals surface area contributed by atoms with E-state index >= 15 is 0 Å². The first kappa shape index (κ1) is 15.3. The minimum absolute atomic E-state index is 0.145. The first-order valence-corrected chi connectivity index (χ1v) is 7.60. The van der Waals surface area contributed by atoms with E-state index in [9.17, 15) is 4.39 Å². The van der Waals surface area contributed by atoms with Crippen LogP contribution in [0.2, 0.25) is 0 Å². The Bertz CT molecular complexity index is 443. The van der Waals surface area contributed by atoms with Crippen molar-refractivity contribution in [1.82, 2.24) is 4.90 Å². The Hall–Kier alpha value is -1.13. The number of halogens is 1. The predicted molar refractivity (Wildman–Crippen MR) is 82.5 cm³/mol. The third-order valence-electron chi connectivity index (χ3n) is 4.31. The van der Waals surface area contributed by atoms with E-state index in [-0.39, 0.29) is 11.9 Å². The molecule has 2 rings (SSSR count). The van der Waals surface area contributed by atoms with Crippen molar-refractivity contribution in [2.24, 2.45) is 5.73 Å². The zero-order chi connectivity index (χ0) is 14.7. The second-order valence-electron chi connectivity index (χ2n) is 5.60. The molecule has 0 aliphatic carbocycles. The van der Waals surface area contributed by atoms with Gasteiger partial charge < -0.3 is 10.6 Å². The zero-order valence-electron chi connectivity index (χ0n) is 12.8. The number of rotatable bonds is 5. The Morgan fingerprint density at radius 2 is 2.10 bits per heavy atom. The number of hydrogen-bond acceptors (Lipinski definition) is 3. The average Bonchev–Trinajstić information content (AvgIpc) is 2.89. The van der Waals surface area contributed by atoms with E-state index in [2.05, 4.69) is 23.6 Å². The van der Waals surface area contributed by atoms with E-state index in [1.165, 1.54) is 6.07 Å². The van der Waals surface area contributed by atoms with Crippen LogP contribution in [0.5, 0.6) is 0 Å². The van der Waals surface area contributed by atoms with Crippen LogP contribution in [-0.2, 0) is 0 Å². The number of nitrogens with two attached hydrogens (primary N) is 1. The standard InChI is InChI=1S/C16H26FN3/c1-4-19(5-2)14-8-9-20(11-14)16-7-6-13(17)10-15(16)12(3)18/h6-7,10,12,14H,4-5,8-9,11,18H2,1-3H3. The summed E-state index contributed by atoms with van der Waals surface area (Å²) in [4.78, 5) is 4.84. The molecule has 2 atom stereocenters. The zero-order valence-corrected chi connectivity index (χ0v) is 12.8. The molecule has 0 aromatic heterocycles. The molecule has 112 valence electrons. The summed E-state index contributed by atoms with van der Waals surface area (Å²) in [5.41, 5.74) is 8.00. The summed E-state index contributed by atoms with van der Waals surface area (Å²) in [6.45, 7) is 10.5. The van der Waals surface area contributed by atoms with E-state index < -0.39 is 0 Å². The molecule has 1 aliphatic rings. The van der Waals surface area contributed by atoms with Crippen LogP contribution >= 0.6 is 0 Å². The summed E-state index contributed by atoms with van der Waals surface area (Å²) < 4.78 is 13.4. The maximum atomic E-state index is 13.4. The lowest BCUT2D eigenvalue weighted by Crippen LogP contribution is -2.37. The lowest BCUT2D eigenvalue weighted by molar-refractivity contribution is 0.232. The molecular formula is C16H26FN3. The number of hydrogen-bond donors (Lipinski definition) is 1. The summed E-state index contributed by atoms with van der Waals surface area (Å²) in [5, 5.41) is 0. The average molecular weight is 279 g/mol. The molecule has 1 fully saturated rings. The molecule has 1 aromatic carbocycles. The van der Waals surface area contributed by atoms with Crippen LogP contribution in [-0.4, -0.2) is 37.1 Å². The second kappa shape index (κ2) is 6.55. The number of benzene rings is 1. The van der Waals surface area contributed by atoms with Gasteiger partial charge in [0.2, 0.25) is 0 Å². The molecular weight excluding hydrogens is 253 g/mol. The SMILES string of the molecule is CCN(CC)C1CCN(c2ccc(F)cc2C(C)N)C1. The smallest absolute Gasteiger partial charge is 0.123 e. The summed E-state index contributed by atoms with van der Waals surface area (Å²) in [5.74, 6) is -0.208. The molecule has 4 heteroatoms. The van der Waals surface area contributed by atoms with Gasteiger partial charge in [-0.05, 0) is 50.2 Å². The molecule has 2 N–H and O–H groups in total. The van der Waals surface area contributed by atoms with Gasteiger partial charge in [-0.2, -0.15) is 0 Å². The fourth-order valence-electron chi connectivity index (χ4n) is 3.18. The fourth-order valence-corrected chi connectivity index (χ4v) is 3.18. The highest BCUT2D eigenvalue weighted by Gasteiger charge is 2.27. The van der Waals surface area contributed by atoms with Gasteiger partial charge in [0, 0.05) is 30.9 Å². The van der Waals surface area contributed by atoms with Gasteiger partial charge in [0.05, 0.1) is 0 Å². The normalized spacial score (nSPS) is 20.7. The molecule has 0 radical (unpaired) electrons. The molecule has 20 heavy (non-hydrogen) atoms.